The Morgan fingerprint density at radius 1 is 0.406 bits per heavy atom. The highest BCUT2D eigenvalue weighted by molar-refractivity contribution is 7.26. The standard InChI is InChI=1S/C58H32N4OS/c1-2-18-35(19-3-1)61-45-31-30-33-16-4-6-20-36(33)50(45)51-39-23-9-8-22-38(39)48-40-24-10-13-27-44(40)62(54(48)55(51)61)58-59-53(52-41-25-11-14-28-46(41)63-57(52)60-58)43-32-34-17-5-7-21-37(34)49-42-26-12-15-29-47(42)64-56(43)49/h1-32H. The second kappa shape index (κ2) is 12.6. The second-order valence-electron chi connectivity index (χ2n) is 16.8. The molecule has 6 heteroatoms. The van der Waals surface area contributed by atoms with Crippen LogP contribution in [0.3, 0.4) is 0 Å². The van der Waals surface area contributed by atoms with E-state index in [-0.39, 0.29) is 0 Å². The van der Waals surface area contributed by atoms with Crippen molar-refractivity contribution in [2.45, 2.75) is 0 Å². The number of hydrogen-bond acceptors (Lipinski definition) is 4. The van der Waals surface area contributed by atoms with Crippen LogP contribution >= 0.6 is 11.3 Å². The highest BCUT2D eigenvalue weighted by Crippen LogP contribution is 2.50. The summed E-state index contributed by atoms with van der Waals surface area (Å²) in [5.74, 6) is 0.557. The maximum Gasteiger partial charge on any atom is 0.238 e. The third-order valence-electron chi connectivity index (χ3n) is 13.5. The van der Waals surface area contributed by atoms with Gasteiger partial charge < -0.3 is 8.98 Å². The monoisotopic (exact) mass is 832 g/mol. The molecular weight excluding hydrogens is 801 g/mol. The predicted molar refractivity (Wildman–Crippen MR) is 269 cm³/mol. The fraction of sp³-hybridized carbons (Fsp3) is 0. The first-order chi connectivity index (χ1) is 31.8. The first kappa shape index (κ1) is 34.3. The Balaban J connectivity index is 1.19. The lowest BCUT2D eigenvalue weighted by molar-refractivity contribution is 0.651. The number of furan rings is 1. The van der Waals surface area contributed by atoms with Crippen molar-refractivity contribution in [1.29, 1.82) is 0 Å². The summed E-state index contributed by atoms with van der Waals surface area (Å²) in [6, 6.07) is 69.9. The molecule has 5 nitrogen and oxygen atoms in total. The predicted octanol–water partition coefficient (Wildman–Crippen LogP) is 16.1. The van der Waals surface area contributed by atoms with Gasteiger partial charge in [0.15, 0.2) is 0 Å². The van der Waals surface area contributed by atoms with Gasteiger partial charge in [-0.25, -0.2) is 4.98 Å². The van der Waals surface area contributed by atoms with Crippen molar-refractivity contribution in [3.63, 3.8) is 0 Å². The van der Waals surface area contributed by atoms with Crippen molar-refractivity contribution in [2.75, 3.05) is 0 Å². The molecule has 5 heterocycles. The van der Waals surface area contributed by atoms with Crippen LogP contribution in [0.5, 0.6) is 0 Å². The van der Waals surface area contributed by atoms with Gasteiger partial charge >= 0.3 is 0 Å². The summed E-state index contributed by atoms with van der Waals surface area (Å²) in [5.41, 5.74) is 8.67. The summed E-state index contributed by atoms with van der Waals surface area (Å²) < 4.78 is 14.0. The van der Waals surface area contributed by atoms with E-state index in [2.05, 4.69) is 191 Å². The number of rotatable bonds is 3. The maximum absolute atomic E-state index is 6.82. The van der Waals surface area contributed by atoms with Gasteiger partial charge in [0.1, 0.15) is 5.58 Å². The largest absolute Gasteiger partial charge is 0.437 e. The van der Waals surface area contributed by atoms with Gasteiger partial charge in [-0.05, 0) is 74.8 Å². The fourth-order valence-corrected chi connectivity index (χ4v) is 12.1. The maximum atomic E-state index is 6.82. The van der Waals surface area contributed by atoms with Crippen molar-refractivity contribution in [1.82, 2.24) is 19.1 Å². The van der Waals surface area contributed by atoms with Gasteiger partial charge in [0.25, 0.3) is 0 Å². The van der Waals surface area contributed by atoms with Gasteiger partial charge in [0.05, 0.1) is 33.1 Å². The molecule has 0 spiro atoms. The normalized spacial score (nSPS) is 12.4. The van der Waals surface area contributed by atoms with Gasteiger partial charge in [-0.2, -0.15) is 4.98 Å². The Kier molecular flexibility index (Phi) is 6.77. The van der Waals surface area contributed by atoms with Crippen LogP contribution in [0.1, 0.15) is 0 Å². The minimum atomic E-state index is 0.557. The fourth-order valence-electron chi connectivity index (χ4n) is 10.9. The molecule has 0 aliphatic rings. The minimum absolute atomic E-state index is 0.557. The lowest BCUT2D eigenvalue weighted by Crippen LogP contribution is -2.04. The van der Waals surface area contributed by atoms with Gasteiger partial charge in [0.2, 0.25) is 11.7 Å². The van der Waals surface area contributed by atoms with Crippen molar-refractivity contribution in [3.8, 4) is 22.9 Å². The van der Waals surface area contributed by atoms with Crippen LogP contribution in [0, 0.1) is 0 Å². The van der Waals surface area contributed by atoms with E-state index in [1.165, 1.54) is 63.3 Å². The highest BCUT2D eigenvalue weighted by Gasteiger charge is 2.28. The lowest BCUT2D eigenvalue weighted by atomic mass is 9.96. The van der Waals surface area contributed by atoms with Crippen molar-refractivity contribution in [2.24, 2.45) is 0 Å². The van der Waals surface area contributed by atoms with Crippen LogP contribution in [0.25, 0.3) is 141 Å². The summed E-state index contributed by atoms with van der Waals surface area (Å²) in [6.45, 7) is 0. The molecule has 0 saturated carbocycles. The van der Waals surface area contributed by atoms with Crippen LogP contribution in [0.2, 0.25) is 0 Å². The summed E-state index contributed by atoms with van der Waals surface area (Å²) in [6.07, 6.45) is 0. The topological polar surface area (TPSA) is 48.8 Å². The molecule has 15 aromatic rings. The molecule has 0 fully saturated rings. The first-order valence-corrected chi connectivity index (χ1v) is 22.5. The molecule has 15 rings (SSSR count). The van der Waals surface area contributed by atoms with Crippen LogP contribution in [-0.4, -0.2) is 19.1 Å². The summed E-state index contributed by atoms with van der Waals surface area (Å²) in [7, 11) is 0. The highest BCUT2D eigenvalue weighted by atomic mass is 32.1. The number of para-hydroxylation sites is 3. The number of hydrogen-bond donors (Lipinski definition) is 0. The number of benzene rings is 10. The quantitative estimate of drug-likeness (QED) is 0.178. The number of fused-ring (bicyclic) bond motifs is 20. The molecule has 0 aliphatic carbocycles. The lowest BCUT2D eigenvalue weighted by Gasteiger charge is -2.14. The Morgan fingerprint density at radius 3 is 1.86 bits per heavy atom. The molecular formula is C58H32N4OS. The third-order valence-corrected chi connectivity index (χ3v) is 14.7. The average molecular weight is 833 g/mol. The molecule has 0 radical (unpaired) electrons. The molecule has 5 aromatic heterocycles. The van der Waals surface area contributed by atoms with Crippen LogP contribution in [0.15, 0.2) is 199 Å². The van der Waals surface area contributed by atoms with Gasteiger partial charge in [0, 0.05) is 58.4 Å². The van der Waals surface area contributed by atoms with Crippen LogP contribution in [0.4, 0.5) is 0 Å². The Hall–Kier alpha value is -8.32. The Labute approximate surface area is 368 Å². The zero-order valence-corrected chi connectivity index (χ0v) is 34.9. The number of aromatic nitrogens is 4. The molecule has 0 bridgehead atoms. The molecule has 0 unspecified atom stereocenters. The van der Waals surface area contributed by atoms with Crippen molar-refractivity contribution in [3.05, 3.63) is 194 Å². The van der Waals surface area contributed by atoms with Gasteiger partial charge in [-0.3, -0.25) is 4.57 Å². The third kappa shape index (κ3) is 4.46. The zero-order valence-electron chi connectivity index (χ0n) is 34.1. The van der Waals surface area contributed by atoms with E-state index >= 15 is 0 Å². The smallest absolute Gasteiger partial charge is 0.238 e. The molecule has 64 heavy (non-hydrogen) atoms. The summed E-state index contributed by atoms with van der Waals surface area (Å²) >= 11 is 1.83. The van der Waals surface area contributed by atoms with E-state index < -0.39 is 0 Å². The second-order valence-corrected chi connectivity index (χ2v) is 17.8. The van der Waals surface area contributed by atoms with Crippen LogP contribution in [-0.2, 0) is 0 Å². The van der Waals surface area contributed by atoms with E-state index in [0.717, 1.165) is 66.1 Å². The number of nitrogens with zero attached hydrogens (tertiary/aromatic N) is 4. The molecule has 0 N–H and O–H groups in total. The van der Waals surface area contributed by atoms with Gasteiger partial charge in [-0.15, -0.1) is 11.3 Å². The molecule has 0 saturated heterocycles. The minimum Gasteiger partial charge on any atom is -0.437 e. The Morgan fingerprint density at radius 2 is 1.03 bits per heavy atom. The molecule has 0 aliphatic heterocycles. The molecule has 10 aromatic carbocycles. The van der Waals surface area contributed by atoms with E-state index in [1.54, 1.807) is 0 Å². The van der Waals surface area contributed by atoms with Crippen molar-refractivity contribution < 1.29 is 4.42 Å². The van der Waals surface area contributed by atoms with E-state index in [4.69, 9.17) is 14.4 Å². The SMILES string of the molecule is c1ccc(-n2c3ccc4ccccc4c3c3c4ccccc4c4c5ccccc5n(-c5nc(-c6cc7ccccc7c7c6sc6ccccc67)c6c(n5)oc5ccccc56)c4c32)cc1. The van der Waals surface area contributed by atoms with E-state index in [0.29, 0.717) is 11.7 Å². The average Bonchev–Trinajstić information content (AvgIpc) is 4.12. The van der Waals surface area contributed by atoms with E-state index in [1.807, 2.05) is 23.5 Å². The van der Waals surface area contributed by atoms with Crippen LogP contribution < -0.4 is 0 Å². The summed E-state index contributed by atoms with van der Waals surface area (Å²) in [5, 5.41) is 16.4. The van der Waals surface area contributed by atoms with Crippen molar-refractivity contribution >= 4 is 130 Å². The first-order valence-electron chi connectivity index (χ1n) is 21.7. The molecule has 0 amide bonds. The molecule has 296 valence electrons. The zero-order chi connectivity index (χ0) is 41.6. The summed E-state index contributed by atoms with van der Waals surface area (Å²) in [4.78, 5) is 11.3. The number of thiophene rings is 1. The van der Waals surface area contributed by atoms with E-state index in [9.17, 15) is 0 Å². The molecule has 0 atom stereocenters. The van der Waals surface area contributed by atoms with Gasteiger partial charge in [-0.1, -0.05) is 152 Å². The Bertz CT molecular complexity index is 4490.